The summed E-state index contributed by atoms with van der Waals surface area (Å²) in [6.45, 7) is 9.26. The van der Waals surface area contributed by atoms with E-state index in [-0.39, 0.29) is 17.9 Å². The van der Waals surface area contributed by atoms with Crippen LogP contribution in [0.2, 0.25) is 6.32 Å². The fraction of sp³-hybridized carbons (Fsp3) is 0.368. The van der Waals surface area contributed by atoms with Gasteiger partial charge in [-0.2, -0.15) is 0 Å². The maximum absolute atomic E-state index is 6.38. The van der Waals surface area contributed by atoms with Gasteiger partial charge in [-0.25, -0.2) is 0 Å². The summed E-state index contributed by atoms with van der Waals surface area (Å²) in [7, 11) is 0. The van der Waals surface area contributed by atoms with Crippen molar-refractivity contribution in [2.24, 2.45) is 5.41 Å². The van der Waals surface area contributed by atoms with Crippen molar-refractivity contribution in [1.82, 2.24) is 0 Å². The SMILES string of the molecule is CC1(C)CB(c2ccc3c(c2)sc2ccccc23)OC1(C)C. The summed E-state index contributed by atoms with van der Waals surface area (Å²) in [6.07, 6.45) is 1.08. The highest BCUT2D eigenvalue weighted by atomic mass is 32.1. The lowest BCUT2D eigenvalue weighted by Gasteiger charge is -2.34. The third-order valence-electron chi connectivity index (χ3n) is 5.54. The molecular formula is C19H21BOS. The Morgan fingerprint density at radius 1 is 0.955 bits per heavy atom. The van der Waals surface area contributed by atoms with Gasteiger partial charge in [0.05, 0.1) is 5.60 Å². The Bertz CT molecular complexity index is 846. The van der Waals surface area contributed by atoms with Crippen molar-refractivity contribution < 1.29 is 4.65 Å². The predicted molar refractivity (Wildman–Crippen MR) is 98.5 cm³/mol. The molecule has 0 aliphatic carbocycles. The molecule has 3 heteroatoms. The Hall–Kier alpha value is -1.32. The first-order valence-electron chi connectivity index (χ1n) is 7.96. The van der Waals surface area contributed by atoms with Crippen molar-refractivity contribution in [2.75, 3.05) is 0 Å². The molecule has 0 atom stereocenters. The van der Waals surface area contributed by atoms with E-state index in [9.17, 15) is 0 Å². The van der Waals surface area contributed by atoms with E-state index in [1.165, 1.54) is 25.6 Å². The van der Waals surface area contributed by atoms with Gasteiger partial charge in [-0.1, -0.05) is 44.2 Å². The van der Waals surface area contributed by atoms with Crippen molar-refractivity contribution in [1.29, 1.82) is 0 Å². The molecule has 112 valence electrons. The first-order chi connectivity index (χ1) is 10.4. The van der Waals surface area contributed by atoms with E-state index in [0.29, 0.717) is 0 Å². The van der Waals surface area contributed by atoms with Crippen LogP contribution in [0.4, 0.5) is 0 Å². The minimum absolute atomic E-state index is 0.0766. The van der Waals surface area contributed by atoms with Crippen LogP contribution in [0.3, 0.4) is 0 Å². The monoisotopic (exact) mass is 308 g/mol. The Morgan fingerprint density at radius 2 is 1.68 bits per heavy atom. The Kier molecular flexibility index (Phi) is 2.98. The van der Waals surface area contributed by atoms with Gasteiger partial charge >= 0.3 is 6.92 Å². The van der Waals surface area contributed by atoms with Crippen molar-refractivity contribution in [3.05, 3.63) is 42.5 Å². The summed E-state index contributed by atoms with van der Waals surface area (Å²) in [5.41, 5.74) is 1.44. The summed E-state index contributed by atoms with van der Waals surface area (Å²) in [5.74, 6) is 0. The molecule has 0 radical (unpaired) electrons. The predicted octanol–water partition coefficient (Wildman–Crippen LogP) is 5.09. The largest absolute Gasteiger partial charge is 0.426 e. The van der Waals surface area contributed by atoms with Crippen molar-refractivity contribution in [3.63, 3.8) is 0 Å². The Balaban J connectivity index is 1.79. The second-order valence-corrected chi connectivity index (χ2v) is 8.64. The van der Waals surface area contributed by atoms with Gasteiger partial charge in [-0.15, -0.1) is 11.3 Å². The van der Waals surface area contributed by atoms with Crippen LogP contribution in [0.1, 0.15) is 27.7 Å². The van der Waals surface area contributed by atoms with Gasteiger partial charge in [0.2, 0.25) is 0 Å². The zero-order chi connectivity index (χ0) is 15.5. The number of hydrogen-bond donors (Lipinski definition) is 0. The second-order valence-electron chi connectivity index (χ2n) is 7.56. The van der Waals surface area contributed by atoms with E-state index >= 15 is 0 Å². The summed E-state index contributed by atoms with van der Waals surface area (Å²) < 4.78 is 9.11. The topological polar surface area (TPSA) is 9.23 Å². The van der Waals surface area contributed by atoms with E-state index < -0.39 is 0 Å². The summed E-state index contributed by atoms with van der Waals surface area (Å²) in [4.78, 5) is 0. The van der Waals surface area contributed by atoms with E-state index in [1.54, 1.807) is 0 Å². The van der Waals surface area contributed by atoms with Crippen LogP contribution in [-0.4, -0.2) is 12.5 Å². The highest BCUT2D eigenvalue weighted by Crippen LogP contribution is 2.45. The highest BCUT2D eigenvalue weighted by Gasteiger charge is 2.49. The van der Waals surface area contributed by atoms with Gasteiger partial charge in [-0.05, 0) is 43.2 Å². The molecule has 1 nitrogen and oxygen atoms in total. The zero-order valence-electron chi connectivity index (χ0n) is 13.6. The van der Waals surface area contributed by atoms with Crippen LogP contribution in [0.5, 0.6) is 0 Å². The molecule has 0 N–H and O–H groups in total. The molecule has 1 fully saturated rings. The number of benzene rings is 2. The minimum atomic E-state index is -0.0766. The Labute approximate surface area is 136 Å². The lowest BCUT2D eigenvalue weighted by Crippen LogP contribution is -2.36. The van der Waals surface area contributed by atoms with Gasteiger partial charge in [0.15, 0.2) is 0 Å². The molecular weight excluding hydrogens is 287 g/mol. The van der Waals surface area contributed by atoms with Gasteiger partial charge < -0.3 is 4.65 Å². The average molecular weight is 308 g/mol. The molecule has 1 aliphatic rings. The third kappa shape index (κ3) is 2.03. The molecule has 4 rings (SSSR count). The van der Waals surface area contributed by atoms with Crippen molar-refractivity contribution >= 4 is 43.9 Å². The van der Waals surface area contributed by atoms with Crippen LogP contribution in [-0.2, 0) is 4.65 Å². The summed E-state index contributed by atoms with van der Waals surface area (Å²) >= 11 is 1.88. The van der Waals surface area contributed by atoms with Gasteiger partial charge in [-0.3, -0.25) is 0 Å². The van der Waals surface area contributed by atoms with Crippen LogP contribution in [0.15, 0.2) is 42.5 Å². The number of thiophene rings is 1. The second kappa shape index (κ2) is 4.59. The molecule has 0 saturated carbocycles. The summed E-state index contributed by atoms with van der Waals surface area (Å²) in [6, 6.07) is 15.5. The van der Waals surface area contributed by atoms with E-state index in [0.717, 1.165) is 6.32 Å². The van der Waals surface area contributed by atoms with E-state index in [2.05, 4.69) is 70.2 Å². The maximum Gasteiger partial charge on any atom is 0.328 e. The smallest absolute Gasteiger partial charge is 0.328 e. The lowest BCUT2D eigenvalue weighted by molar-refractivity contribution is 0.0375. The van der Waals surface area contributed by atoms with E-state index in [4.69, 9.17) is 4.65 Å². The molecule has 0 unspecified atom stereocenters. The number of hydrogen-bond acceptors (Lipinski definition) is 2. The van der Waals surface area contributed by atoms with Gasteiger partial charge in [0.25, 0.3) is 0 Å². The average Bonchev–Trinajstić information content (AvgIpc) is 2.93. The normalized spacial score (nSPS) is 20.1. The highest BCUT2D eigenvalue weighted by molar-refractivity contribution is 7.25. The van der Waals surface area contributed by atoms with E-state index in [1.807, 2.05) is 11.3 Å². The molecule has 2 heterocycles. The number of rotatable bonds is 1. The minimum Gasteiger partial charge on any atom is -0.426 e. The molecule has 22 heavy (non-hydrogen) atoms. The number of fused-ring (bicyclic) bond motifs is 3. The van der Waals surface area contributed by atoms with Crippen molar-refractivity contribution in [2.45, 2.75) is 39.6 Å². The fourth-order valence-electron chi connectivity index (χ4n) is 3.39. The Morgan fingerprint density at radius 3 is 2.41 bits per heavy atom. The quantitative estimate of drug-likeness (QED) is 0.569. The lowest BCUT2D eigenvalue weighted by atomic mass is 9.54. The summed E-state index contributed by atoms with van der Waals surface area (Å²) in [5, 5.41) is 2.72. The molecule has 3 aromatic rings. The molecule has 0 bridgehead atoms. The van der Waals surface area contributed by atoms with Crippen LogP contribution in [0.25, 0.3) is 20.2 Å². The fourth-order valence-corrected chi connectivity index (χ4v) is 4.55. The van der Waals surface area contributed by atoms with Crippen LogP contribution >= 0.6 is 11.3 Å². The molecule has 2 aromatic carbocycles. The van der Waals surface area contributed by atoms with Crippen LogP contribution < -0.4 is 5.46 Å². The maximum atomic E-state index is 6.38. The zero-order valence-corrected chi connectivity index (χ0v) is 14.5. The van der Waals surface area contributed by atoms with Crippen molar-refractivity contribution in [3.8, 4) is 0 Å². The molecule has 0 amide bonds. The van der Waals surface area contributed by atoms with Gasteiger partial charge in [0.1, 0.15) is 0 Å². The first-order valence-corrected chi connectivity index (χ1v) is 8.78. The standard InChI is InChI=1S/C19H21BOS/c1-18(2)12-20(21-19(18,3)4)13-9-10-15-14-7-5-6-8-16(14)22-17(15)11-13/h5-11H,12H2,1-4H3. The van der Waals surface area contributed by atoms with Gasteiger partial charge in [0, 0.05) is 20.2 Å². The molecule has 1 aromatic heterocycles. The molecule has 1 aliphatic heterocycles. The van der Waals surface area contributed by atoms with Crippen LogP contribution in [0, 0.1) is 5.41 Å². The first kappa shape index (κ1) is 14.3. The molecule has 0 spiro atoms. The third-order valence-corrected chi connectivity index (χ3v) is 6.67. The molecule has 1 saturated heterocycles.